The molecule has 0 aromatic carbocycles. The van der Waals surface area contributed by atoms with Gasteiger partial charge in [-0.2, -0.15) is 0 Å². The Bertz CT molecular complexity index is 327. The molecule has 2 aliphatic heterocycles. The minimum absolute atomic E-state index is 0.0445. The van der Waals surface area contributed by atoms with Crippen LogP contribution >= 0.6 is 0 Å². The summed E-state index contributed by atoms with van der Waals surface area (Å²) >= 11 is 0. The van der Waals surface area contributed by atoms with Crippen LogP contribution in [0.3, 0.4) is 0 Å². The van der Waals surface area contributed by atoms with Crippen molar-refractivity contribution >= 4 is 0 Å². The standard InChI is InChI=1S/C18H36N2O/c1-13(2)9-15-12-20(17(11-19-15)14(3)4)16-7-8-21-18(5,6)10-16/h13-17,19H,7-12H2,1-6H3. The molecule has 0 amide bonds. The van der Waals surface area contributed by atoms with Crippen molar-refractivity contribution in [1.29, 1.82) is 0 Å². The second-order valence-corrected chi connectivity index (χ2v) is 8.50. The fourth-order valence-corrected chi connectivity index (χ4v) is 4.11. The van der Waals surface area contributed by atoms with E-state index in [4.69, 9.17) is 4.74 Å². The molecule has 3 unspecified atom stereocenters. The van der Waals surface area contributed by atoms with E-state index < -0.39 is 0 Å². The van der Waals surface area contributed by atoms with Crippen LogP contribution in [0.4, 0.5) is 0 Å². The van der Waals surface area contributed by atoms with Crippen molar-refractivity contribution < 1.29 is 4.74 Å². The quantitative estimate of drug-likeness (QED) is 0.861. The first-order chi connectivity index (χ1) is 9.78. The summed E-state index contributed by atoms with van der Waals surface area (Å²) in [5, 5.41) is 3.80. The summed E-state index contributed by atoms with van der Waals surface area (Å²) in [6, 6.07) is 2.02. The number of nitrogens with one attached hydrogen (secondary N) is 1. The third kappa shape index (κ3) is 4.67. The van der Waals surface area contributed by atoms with Crippen molar-refractivity contribution in [1.82, 2.24) is 10.2 Å². The van der Waals surface area contributed by atoms with Crippen molar-refractivity contribution in [3.63, 3.8) is 0 Å². The van der Waals surface area contributed by atoms with Gasteiger partial charge in [-0.25, -0.2) is 0 Å². The summed E-state index contributed by atoms with van der Waals surface area (Å²) in [5.74, 6) is 1.48. The van der Waals surface area contributed by atoms with E-state index in [0.717, 1.165) is 19.1 Å². The Kier molecular flexibility index (Phi) is 5.72. The van der Waals surface area contributed by atoms with E-state index in [2.05, 4.69) is 51.8 Å². The molecule has 3 heteroatoms. The highest BCUT2D eigenvalue weighted by Gasteiger charge is 2.39. The fourth-order valence-electron chi connectivity index (χ4n) is 4.11. The Hall–Kier alpha value is -0.120. The molecule has 0 saturated carbocycles. The second kappa shape index (κ2) is 6.97. The zero-order valence-corrected chi connectivity index (χ0v) is 15.0. The van der Waals surface area contributed by atoms with Crippen LogP contribution in [0.15, 0.2) is 0 Å². The lowest BCUT2D eigenvalue weighted by Crippen LogP contribution is -2.62. The number of ether oxygens (including phenoxy) is 1. The van der Waals surface area contributed by atoms with Gasteiger partial charge in [0.05, 0.1) is 5.60 Å². The molecule has 21 heavy (non-hydrogen) atoms. The maximum absolute atomic E-state index is 5.93. The van der Waals surface area contributed by atoms with Crippen LogP contribution in [-0.4, -0.2) is 48.3 Å². The minimum atomic E-state index is 0.0445. The van der Waals surface area contributed by atoms with Crippen LogP contribution < -0.4 is 5.32 Å². The number of nitrogens with zero attached hydrogens (tertiary/aromatic N) is 1. The van der Waals surface area contributed by atoms with Gasteiger partial charge < -0.3 is 10.1 Å². The first kappa shape index (κ1) is 17.2. The van der Waals surface area contributed by atoms with Crippen LogP contribution in [0.5, 0.6) is 0 Å². The van der Waals surface area contributed by atoms with Gasteiger partial charge in [0.1, 0.15) is 0 Å². The van der Waals surface area contributed by atoms with E-state index in [0.29, 0.717) is 24.0 Å². The lowest BCUT2D eigenvalue weighted by molar-refractivity contribution is -0.0977. The summed E-state index contributed by atoms with van der Waals surface area (Å²) in [7, 11) is 0. The smallest absolute Gasteiger partial charge is 0.0641 e. The average molecular weight is 296 g/mol. The highest BCUT2D eigenvalue weighted by Crippen LogP contribution is 2.31. The normalized spacial score (nSPS) is 34.6. The molecule has 2 saturated heterocycles. The molecular formula is C18H36N2O. The van der Waals surface area contributed by atoms with Crippen LogP contribution in [-0.2, 0) is 4.74 Å². The molecule has 3 atom stereocenters. The van der Waals surface area contributed by atoms with Crippen LogP contribution in [0.1, 0.15) is 60.8 Å². The van der Waals surface area contributed by atoms with E-state index in [1.807, 2.05) is 0 Å². The third-order valence-electron chi connectivity index (χ3n) is 5.14. The predicted molar refractivity (Wildman–Crippen MR) is 89.6 cm³/mol. The Labute approximate surface area is 131 Å². The molecule has 2 aliphatic rings. The lowest BCUT2D eigenvalue weighted by atomic mass is 9.87. The Morgan fingerprint density at radius 3 is 2.52 bits per heavy atom. The number of hydrogen-bond acceptors (Lipinski definition) is 3. The van der Waals surface area contributed by atoms with Crippen LogP contribution in [0.25, 0.3) is 0 Å². The highest BCUT2D eigenvalue weighted by molar-refractivity contribution is 4.94. The van der Waals surface area contributed by atoms with Crippen LogP contribution in [0.2, 0.25) is 0 Å². The van der Waals surface area contributed by atoms with Gasteiger partial charge >= 0.3 is 0 Å². The third-order valence-corrected chi connectivity index (χ3v) is 5.14. The van der Waals surface area contributed by atoms with Gasteiger partial charge in [-0.15, -0.1) is 0 Å². The van der Waals surface area contributed by atoms with Gasteiger partial charge in [-0.05, 0) is 44.9 Å². The lowest BCUT2D eigenvalue weighted by Gasteiger charge is -2.50. The molecular weight excluding hydrogens is 260 g/mol. The zero-order chi connectivity index (χ0) is 15.6. The molecule has 2 fully saturated rings. The van der Waals surface area contributed by atoms with E-state index in [9.17, 15) is 0 Å². The molecule has 2 rings (SSSR count). The van der Waals surface area contributed by atoms with Crippen molar-refractivity contribution in [2.24, 2.45) is 11.8 Å². The van der Waals surface area contributed by atoms with Gasteiger partial charge in [0.15, 0.2) is 0 Å². The molecule has 0 radical (unpaired) electrons. The number of hydrogen-bond donors (Lipinski definition) is 1. The molecule has 0 bridgehead atoms. The number of piperazine rings is 1. The summed E-state index contributed by atoms with van der Waals surface area (Å²) in [5.41, 5.74) is 0.0445. The van der Waals surface area contributed by atoms with E-state index >= 15 is 0 Å². The molecule has 0 aliphatic carbocycles. The molecule has 2 heterocycles. The maximum Gasteiger partial charge on any atom is 0.0641 e. The van der Waals surface area contributed by atoms with E-state index in [-0.39, 0.29) is 5.60 Å². The van der Waals surface area contributed by atoms with Gasteiger partial charge in [-0.3, -0.25) is 4.90 Å². The van der Waals surface area contributed by atoms with Crippen molar-refractivity contribution in [3.8, 4) is 0 Å². The summed E-state index contributed by atoms with van der Waals surface area (Å²) in [6.45, 7) is 17.2. The summed E-state index contributed by atoms with van der Waals surface area (Å²) < 4.78 is 5.93. The Balaban J connectivity index is 2.06. The topological polar surface area (TPSA) is 24.5 Å². The average Bonchev–Trinajstić information content (AvgIpc) is 2.36. The maximum atomic E-state index is 5.93. The minimum Gasteiger partial charge on any atom is -0.375 e. The molecule has 0 spiro atoms. The van der Waals surface area contributed by atoms with Crippen molar-refractivity contribution in [3.05, 3.63) is 0 Å². The van der Waals surface area contributed by atoms with Gasteiger partial charge in [0.25, 0.3) is 0 Å². The van der Waals surface area contributed by atoms with Crippen molar-refractivity contribution in [2.45, 2.75) is 84.5 Å². The van der Waals surface area contributed by atoms with Gasteiger partial charge in [-0.1, -0.05) is 27.7 Å². The summed E-state index contributed by atoms with van der Waals surface area (Å²) in [4.78, 5) is 2.82. The Morgan fingerprint density at radius 1 is 1.24 bits per heavy atom. The fraction of sp³-hybridized carbons (Fsp3) is 1.00. The first-order valence-corrected chi connectivity index (χ1v) is 8.91. The van der Waals surface area contributed by atoms with Gasteiger partial charge in [0.2, 0.25) is 0 Å². The second-order valence-electron chi connectivity index (χ2n) is 8.50. The molecule has 3 nitrogen and oxygen atoms in total. The molecule has 0 aromatic heterocycles. The molecule has 124 valence electrons. The SMILES string of the molecule is CC(C)CC1CN(C2CCOC(C)(C)C2)C(C(C)C)CN1. The Morgan fingerprint density at radius 2 is 1.95 bits per heavy atom. The zero-order valence-electron chi connectivity index (χ0n) is 15.0. The first-order valence-electron chi connectivity index (χ1n) is 8.91. The summed E-state index contributed by atoms with van der Waals surface area (Å²) in [6.07, 6.45) is 3.65. The monoisotopic (exact) mass is 296 g/mol. The van der Waals surface area contributed by atoms with E-state index in [1.165, 1.54) is 25.8 Å². The van der Waals surface area contributed by atoms with Crippen molar-refractivity contribution in [2.75, 3.05) is 19.7 Å². The van der Waals surface area contributed by atoms with E-state index in [1.54, 1.807) is 0 Å². The molecule has 1 N–H and O–H groups in total. The predicted octanol–water partition coefficient (Wildman–Crippen LogP) is 3.29. The molecule has 0 aromatic rings. The largest absolute Gasteiger partial charge is 0.375 e. The van der Waals surface area contributed by atoms with Crippen LogP contribution in [0, 0.1) is 11.8 Å². The highest BCUT2D eigenvalue weighted by atomic mass is 16.5. The number of rotatable bonds is 4. The van der Waals surface area contributed by atoms with Gasteiger partial charge in [0, 0.05) is 37.8 Å².